The first-order chi connectivity index (χ1) is 17.4. The van der Waals surface area contributed by atoms with E-state index in [1.165, 1.54) is 24.3 Å². The Morgan fingerprint density at radius 1 is 0.889 bits per heavy atom. The molecule has 1 aromatic heterocycles. The maximum Gasteiger partial charge on any atom is 0.252 e. The van der Waals surface area contributed by atoms with Crippen LogP contribution in [-0.4, -0.2) is 15.5 Å². The molecular weight excluding hydrogens is 456 g/mol. The maximum absolute atomic E-state index is 14.4. The number of nitrogens with one attached hydrogen (secondary N) is 1. The van der Waals surface area contributed by atoms with Gasteiger partial charge in [-0.05, 0) is 72.5 Å². The van der Waals surface area contributed by atoms with Gasteiger partial charge in [0.05, 0.1) is 16.7 Å². The van der Waals surface area contributed by atoms with Gasteiger partial charge in [0.15, 0.2) is 0 Å². The Morgan fingerprint density at radius 3 is 2.28 bits per heavy atom. The number of benzene rings is 4. The maximum atomic E-state index is 14.4. The first-order valence-electron chi connectivity index (χ1n) is 11.7. The Morgan fingerprint density at radius 2 is 1.56 bits per heavy atom. The van der Waals surface area contributed by atoms with Crippen LogP contribution in [0.25, 0.3) is 11.0 Å². The van der Waals surface area contributed by atoms with Gasteiger partial charge in [0.1, 0.15) is 23.5 Å². The summed E-state index contributed by atoms with van der Waals surface area (Å²) in [5.41, 5.74) is 5.43. The largest absolute Gasteiger partial charge is 0.321 e. The quantitative estimate of drug-likeness (QED) is 0.292. The highest BCUT2D eigenvalue weighted by Crippen LogP contribution is 2.31. The van der Waals surface area contributed by atoms with Gasteiger partial charge in [-0.3, -0.25) is 4.79 Å². The van der Waals surface area contributed by atoms with Crippen LogP contribution in [0.3, 0.4) is 0 Å². The van der Waals surface area contributed by atoms with E-state index >= 15 is 0 Å². The number of aromatic nitrogens is 2. The number of para-hydroxylation sites is 1. The number of hydrogen-bond donors (Lipinski definition) is 1. The van der Waals surface area contributed by atoms with Gasteiger partial charge in [-0.15, -0.1) is 0 Å². The fraction of sp³-hybridized carbons (Fsp3) is 0.133. The minimum atomic E-state index is -0.812. The third-order valence-corrected chi connectivity index (χ3v) is 6.41. The average Bonchev–Trinajstić information content (AvgIpc) is 3.19. The average molecular weight is 482 g/mol. The van der Waals surface area contributed by atoms with Crippen molar-refractivity contribution in [2.75, 3.05) is 5.32 Å². The van der Waals surface area contributed by atoms with E-state index in [9.17, 15) is 13.6 Å². The summed E-state index contributed by atoms with van der Waals surface area (Å²) >= 11 is 0. The molecule has 0 aliphatic rings. The van der Waals surface area contributed by atoms with Crippen molar-refractivity contribution in [1.29, 1.82) is 0 Å². The molecule has 4 aromatic carbocycles. The third kappa shape index (κ3) is 4.62. The zero-order valence-corrected chi connectivity index (χ0v) is 20.0. The van der Waals surface area contributed by atoms with Crippen molar-refractivity contribution in [3.8, 4) is 0 Å². The number of carbonyl (C=O) groups excluding carboxylic acids is 1. The molecule has 0 saturated heterocycles. The first kappa shape index (κ1) is 23.4. The topological polar surface area (TPSA) is 46.9 Å². The van der Waals surface area contributed by atoms with Crippen LogP contribution >= 0.6 is 0 Å². The summed E-state index contributed by atoms with van der Waals surface area (Å²) in [5.74, 6) is -0.556. The summed E-state index contributed by atoms with van der Waals surface area (Å²) in [4.78, 5) is 18.7. The summed E-state index contributed by atoms with van der Waals surface area (Å²) in [6.45, 7) is 4.04. The number of nitrogens with zero attached hydrogens (tertiary/aromatic N) is 2. The number of imidazole rings is 1. The molecule has 1 atom stereocenters. The lowest BCUT2D eigenvalue weighted by Crippen LogP contribution is -2.28. The Kier molecular flexibility index (Phi) is 6.34. The molecule has 0 spiro atoms. The van der Waals surface area contributed by atoms with Crippen LogP contribution in [0.4, 0.5) is 14.5 Å². The van der Waals surface area contributed by atoms with Crippen molar-refractivity contribution in [2.24, 2.45) is 0 Å². The van der Waals surface area contributed by atoms with Gasteiger partial charge < -0.3 is 9.88 Å². The van der Waals surface area contributed by atoms with Crippen molar-refractivity contribution >= 4 is 22.6 Å². The number of carbonyl (C=O) groups is 1. The van der Waals surface area contributed by atoms with Crippen LogP contribution < -0.4 is 5.32 Å². The van der Waals surface area contributed by atoms with Gasteiger partial charge in [0, 0.05) is 6.42 Å². The second kappa shape index (κ2) is 9.74. The van der Waals surface area contributed by atoms with Crippen LogP contribution in [0.1, 0.15) is 34.1 Å². The molecule has 0 aliphatic heterocycles. The van der Waals surface area contributed by atoms with E-state index in [1.807, 2.05) is 60.9 Å². The predicted molar refractivity (Wildman–Crippen MR) is 138 cm³/mol. The van der Waals surface area contributed by atoms with Gasteiger partial charge >= 0.3 is 0 Å². The van der Waals surface area contributed by atoms with E-state index in [0.717, 1.165) is 33.3 Å². The zero-order chi connectivity index (χ0) is 25.2. The van der Waals surface area contributed by atoms with Gasteiger partial charge in [0.25, 0.3) is 5.91 Å². The molecule has 5 rings (SSSR count). The Hall–Kier alpha value is -4.32. The van der Waals surface area contributed by atoms with Crippen LogP contribution in [0.15, 0.2) is 91.0 Å². The lowest BCUT2D eigenvalue weighted by atomic mass is 10.0. The molecule has 1 N–H and O–H groups in total. The lowest BCUT2D eigenvalue weighted by Gasteiger charge is -2.22. The molecule has 0 bridgehead atoms. The van der Waals surface area contributed by atoms with Crippen molar-refractivity contribution in [2.45, 2.75) is 26.3 Å². The fourth-order valence-electron chi connectivity index (χ4n) is 4.41. The van der Waals surface area contributed by atoms with E-state index < -0.39 is 11.9 Å². The van der Waals surface area contributed by atoms with Gasteiger partial charge in [-0.2, -0.15) is 0 Å². The van der Waals surface area contributed by atoms with E-state index in [-0.39, 0.29) is 17.4 Å². The van der Waals surface area contributed by atoms with Crippen LogP contribution in [0.5, 0.6) is 0 Å². The summed E-state index contributed by atoms with van der Waals surface area (Å²) in [6.07, 6.45) is 0.392. The van der Waals surface area contributed by atoms with Crippen LogP contribution in [0.2, 0.25) is 0 Å². The molecule has 4 nitrogen and oxygen atoms in total. The van der Waals surface area contributed by atoms with Crippen LogP contribution in [0, 0.1) is 25.5 Å². The Balaban J connectivity index is 1.70. The van der Waals surface area contributed by atoms with Crippen LogP contribution in [-0.2, 0) is 11.2 Å². The molecule has 0 fully saturated rings. The summed E-state index contributed by atoms with van der Waals surface area (Å²) in [5, 5.41) is 2.77. The molecule has 5 aromatic rings. The monoisotopic (exact) mass is 481 g/mol. The minimum Gasteiger partial charge on any atom is -0.321 e. The molecule has 36 heavy (non-hydrogen) atoms. The zero-order valence-electron chi connectivity index (χ0n) is 20.0. The smallest absolute Gasteiger partial charge is 0.252 e. The number of halogens is 2. The van der Waals surface area contributed by atoms with Crippen molar-refractivity contribution in [1.82, 2.24) is 9.55 Å². The standard InChI is InChI=1S/C30H25F2N3O/c1-19-16-26-27(17-20(19)2)35(28(33-26)18-21-12-14-23(31)15-13-21)29(22-8-4-3-5-9-22)30(36)34-25-11-7-6-10-24(25)32/h3-17,29H,18H2,1-2H3,(H,34,36)/t29-/m1/s1. The van der Waals surface area contributed by atoms with Crippen molar-refractivity contribution in [3.05, 3.63) is 131 Å². The SMILES string of the molecule is Cc1cc2nc(Cc3ccc(F)cc3)n([C@@H](C(=O)Nc3ccccc3F)c3ccccc3)c2cc1C. The van der Waals surface area contributed by atoms with E-state index in [1.54, 1.807) is 24.3 Å². The predicted octanol–water partition coefficient (Wildman–Crippen LogP) is 6.75. The normalized spacial score (nSPS) is 12.0. The van der Waals surface area contributed by atoms with Gasteiger partial charge in [-0.1, -0.05) is 54.6 Å². The lowest BCUT2D eigenvalue weighted by molar-refractivity contribution is -0.118. The molecule has 0 saturated carbocycles. The molecular formula is C30H25F2N3O. The number of aryl methyl sites for hydroxylation is 2. The van der Waals surface area contributed by atoms with E-state index in [4.69, 9.17) is 4.98 Å². The number of fused-ring (bicyclic) bond motifs is 1. The summed E-state index contributed by atoms with van der Waals surface area (Å²) in [7, 11) is 0. The molecule has 0 radical (unpaired) electrons. The van der Waals surface area contributed by atoms with Gasteiger partial charge in [-0.25, -0.2) is 13.8 Å². The number of hydrogen-bond acceptors (Lipinski definition) is 2. The second-order valence-electron chi connectivity index (χ2n) is 8.91. The molecule has 180 valence electrons. The minimum absolute atomic E-state index is 0.111. The number of amides is 1. The Labute approximate surface area is 208 Å². The molecule has 0 aliphatic carbocycles. The fourth-order valence-corrected chi connectivity index (χ4v) is 4.41. The van der Waals surface area contributed by atoms with Crippen molar-refractivity contribution in [3.63, 3.8) is 0 Å². The number of rotatable bonds is 6. The van der Waals surface area contributed by atoms with E-state index in [2.05, 4.69) is 5.32 Å². The Bertz CT molecular complexity index is 1540. The molecule has 6 heteroatoms. The van der Waals surface area contributed by atoms with Crippen molar-refractivity contribution < 1.29 is 13.6 Å². The second-order valence-corrected chi connectivity index (χ2v) is 8.91. The molecule has 1 heterocycles. The highest BCUT2D eigenvalue weighted by molar-refractivity contribution is 5.97. The third-order valence-electron chi connectivity index (χ3n) is 6.41. The molecule has 1 amide bonds. The number of anilines is 1. The summed E-state index contributed by atoms with van der Waals surface area (Å²) in [6, 6.07) is 24.9. The first-order valence-corrected chi connectivity index (χ1v) is 11.7. The highest BCUT2D eigenvalue weighted by Gasteiger charge is 2.28. The molecule has 0 unspecified atom stereocenters. The highest BCUT2D eigenvalue weighted by atomic mass is 19.1. The van der Waals surface area contributed by atoms with E-state index in [0.29, 0.717) is 12.2 Å². The van der Waals surface area contributed by atoms with Gasteiger partial charge in [0.2, 0.25) is 0 Å². The summed E-state index contributed by atoms with van der Waals surface area (Å²) < 4.78 is 29.9.